The average Bonchev–Trinajstić information content (AvgIpc) is 3.34. The summed E-state index contributed by atoms with van der Waals surface area (Å²) in [6, 6.07) is 2.74. The molecule has 202 valence electrons. The minimum atomic E-state index is -4.96. The number of allylic oxidation sites excluding steroid dienone is 2. The Hall–Kier alpha value is -3.76. The van der Waals surface area contributed by atoms with E-state index in [9.17, 15) is 35.9 Å². The van der Waals surface area contributed by atoms with Gasteiger partial charge in [-0.1, -0.05) is 23.8 Å². The first-order valence-corrected chi connectivity index (χ1v) is 11.7. The Kier molecular flexibility index (Phi) is 7.31. The summed E-state index contributed by atoms with van der Waals surface area (Å²) in [6.45, 7) is 5.63. The summed E-state index contributed by atoms with van der Waals surface area (Å²) >= 11 is 0. The fourth-order valence-corrected chi connectivity index (χ4v) is 5.43. The van der Waals surface area contributed by atoms with Gasteiger partial charge in [0.05, 0.1) is 24.2 Å². The van der Waals surface area contributed by atoms with E-state index in [-0.39, 0.29) is 28.8 Å². The number of ether oxygens (including phenoxy) is 1. The van der Waals surface area contributed by atoms with Crippen molar-refractivity contribution in [2.75, 3.05) is 12.4 Å². The number of hydrogen-bond acceptors (Lipinski definition) is 3. The quantitative estimate of drug-likeness (QED) is 0.442. The number of halogens is 6. The summed E-state index contributed by atoms with van der Waals surface area (Å²) in [5.41, 5.74) is -0.508. The van der Waals surface area contributed by atoms with Crippen LogP contribution in [0, 0.1) is 35.2 Å². The van der Waals surface area contributed by atoms with Crippen molar-refractivity contribution in [2.24, 2.45) is 17.8 Å². The second kappa shape index (κ2) is 10.2. The zero-order valence-electron chi connectivity index (χ0n) is 20.4. The molecule has 4 rings (SSSR count). The largest absolute Gasteiger partial charge is 0.496 e. The number of benzene rings is 2. The number of rotatable bonds is 6. The second-order valence-electron chi connectivity index (χ2n) is 9.45. The van der Waals surface area contributed by atoms with E-state index in [1.807, 2.05) is 6.08 Å². The zero-order valence-corrected chi connectivity index (χ0v) is 20.4. The average molecular weight is 538 g/mol. The Bertz CT molecular complexity index is 1340. The molecule has 2 aromatic carbocycles. The highest BCUT2D eigenvalue weighted by atomic mass is 19.4. The van der Waals surface area contributed by atoms with E-state index in [1.165, 1.54) is 7.11 Å². The fraction of sp³-hybridized carbons (Fsp3) is 0.333. The molecule has 0 aromatic heterocycles. The van der Waals surface area contributed by atoms with Gasteiger partial charge in [-0.05, 0) is 49.9 Å². The number of carbonyl (C=O) groups is 2. The Balaban J connectivity index is 1.67. The topological polar surface area (TPSA) is 67.4 Å². The molecule has 0 radical (unpaired) electrons. The van der Waals surface area contributed by atoms with E-state index >= 15 is 0 Å². The van der Waals surface area contributed by atoms with E-state index in [4.69, 9.17) is 4.74 Å². The van der Waals surface area contributed by atoms with Crippen LogP contribution in [0.15, 0.2) is 54.1 Å². The van der Waals surface area contributed by atoms with Crippen LogP contribution in [0.5, 0.6) is 5.75 Å². The first-order chi connectivity index (χ1) is 17.8. The van der Waals surface area contributed by atoms with Crippen LogP contribution in [-0.2, 0) is 11.0 Å². The van der Waals surface area contributed by atoms with Gasteiger partial charge in [0.25, 0.3) is 5.91 Å². The number of carbonyl (C=O) groups excluding carboxylic acids is 2. The van der Waals surface area contributed by atoms with Crippen LogP contribution in [0.1, 0.15) is 35.7 Å². The van der Waals surface area contributed by atoms with Gasteiger partial charge in [-0.25, -0.2) is 13.2 Å². The molecular weight excluding hydrogens is 514 g/mol. The predicted molar refractivity (Wildman–Crippen MR) is 127 cm³/mol. The van der Waals surface area contributed by atoms with Crippen LogP contribution in [0.2, 0.25) is 0 Å². The molecule has 0 saturated heterocycles. The summed E-state index contributed by atoms with van der Waals surface area (Å²) in [5.74, 6) is -7.21. The van der Waals surface area contributed by atoms with Crippen molar-refractivity contribution < 1.29 is 40.7 Å². The molecule has 0 aliphatic heterocycles. The molecular formula is C27H24F6N2O3. The summed E-state index contributed by atoms with van der Waals surface area (Å²) in [4.78, 5) is 26.6. The number of fused-ring (bicyclic) bond motifs is 2. The minimum absolute atomic E-state index is 0.214. The standard InChI is InChI=1S/C27H24F6N2O3/c1-12(2)8-16-14-5-6-15(16)24(35-25(36)17-10-20(29)21(30)11-22(17)38-3)23(14)26(37)34-13-4-7-19(28)18(9-13)27(31,32)33/h4,7-11,14-15,23-24H,1,5-6H2,2-3H3,(H,34,37)(H,35,36)/b16-8-/t14?,15?,23-,24+/m0/s1. The molecule has 2 aliphatic carbocycles. The lowest BCUT2D eigenvalue weighted by Gasteiger charge is -2.30. The molecule has 2 aliphatic rings. The van der Waals surface area contributed by atoms with Crippen molar-refractivity contribution in [2.45, 2.75) is 32.0 Å². The SMILES string of the molecule is C=C(C)/C=C1\C2CCC1[C@H](C(=O)Nc1ccc(F)c(C(F)(F)F)c1)[C@@H]2NC(=O)c1cc(F)c(F)cc1OC. The van der Waals surface area contributed by atoms with Crippen LogP contribution in [0.25, 0.3) is 0 Å². The van der Waals surface area contributed by atoms with Gasteiger partial charge in [0.2, 0.25) is 5.91 Å². The number of nitrogens with one attached hydrogen (secondary N) is 2. The highest BCUT2D eigenvalue weighted by Crippen LogP contribution is 2.53. The lowest BCUT2D eigenvalue weighted by molar-refractivity contribution is -0.140. The molecule has 2 saturated carbocycles. The van der Waals surface area contributed by atoms with E-state index in [0.29, 0.717) is 36.6 Å². The van der Waals surface area contributed by atoms with Gasteiger partial charge in [-0.3, -0.25) is 9.59 Å². The summed E-state index contributed by atoms with van der Waals surface area (Å²) < 4.78 is 85.8. The van der Waals surface area contributed by atoms with Gasteiger partial charge in [0.15, 0.2) is 11.6 Å². The molecule has 11 heteroatoms. The third-order valence-electron chi connectivity index (χ3n) is 6.94. The van der Waals surface area contributed by atoms with E-state index < -0.39 is 53.0 Å². The van der Waals surface area contributed by atoms with Gasteiger partial charge in [-0.15, -0.1) is 0 Å². The van der Waals surface area contributed by atoms with Crippen LogP contribution in [0.4, 0.5) is 32.0 Å². The van der Waals surface area contributed by atoms with Crippen molar-refractivity contribution in [1.82, 2.24) is 5.32 Å². The Morgan fingerprint density at radius 2 is 1.68 bits per heavy atom. The van der Waals surface area contributed by atoms with Crippen LogP contribution >= 0.6 is 0 Å². The molecule has 2 amide bonds. The van der Waals surface area contributed by atoms with Gasteiger partial charge >= 0.3 is 6.18 Å². The van der Waals surface area contributed by atoms with Crippen molar-refractivity contribution in [3.8, 4) is 5.75 Å². The van der Waals surface area contributed by atoms with E-state index in [1.54, 1.807) is 6.92 Å². The summed E-state index contributed by atoms with van der Waals surface area (Å²) in [6.07, 6.45) is -1.96. The zero-order chi connectivity index (χ0) is 27.9. The van der Waals surface area contributed by atoms with Crippen LogP contribution in [-0.4, -0.2) is 25.0 Å². The monoisotopic (exact) mass is 538 g/mol. The number of alkyl halides is 3. The predicted octanol–water partition coefficient (Wildman–Crippen LogP) is 6.03. The van der Waals surface area contributed by atoms with Crippen LogP contribution in [0.3, 0.4) is 0 Å². The number of amides is 2. The molecule has 0 heterocycles. The Labute approximate surface area is 214 Å². The Morgan fingerprint density at radius 3 is 2.32 bits per heavy atom. The highest BCUT2D eigenvalue weighted by Gasteiger charge is 2.54. The minimum Gasteiger partial charge on any atom is -0.496 e. The highest BCUT2D eigenvalue weighted by molar-refractivity contribution is 5.99. The lowest BCUT2D eigenvalue weighted by Crippen LogP contribution is -2.48. The fourth-order valence-electron chi connectivity index (χ4n) is 5.43. The number of anilines is 1. The maximum Gasteiger partial charge on any atom is 0.419 e. The first kappa shape index (κ1) is 27.3. The van der Waals surface area contributed by atoms with Gasteiger partial charge in [0.1, 0.15) is 11.6 Å². The molecule has 4 atom stereocenters. The van der Waals surface area contributed by atoms with Crippen molar-refractivity contribution in [1.29, 1.82) is 0 Å². The normalized spacial score (nSPS) is 23.4. The van der Waals surface area contributed by atoms with Crippen molar-refractivity contribution >= 4 is 17.5 Å². The smallest absolute Gasteiger partial charge is 0.419 e. The van der Waals surface area contributed by atoms with Gasteiger partial charge in [0, 0.05) is 23.7 Å². The summed E-state index contributed by atoms with van der Waals surface area (Å²) in [7, 11) is 1.18. The van der Waals surface area contributed by atoms with E-state index in [0.717, 1.165) is 17.7 Å². The maximum atomic E-state index is 13.9. The van der Waals surface area contributed by atoms with Crippen molar-refractivity contribution in [3.63, 3.8) is 0 Å². The third kappa shape index (κ3) is 5.14. The molecule has 0 spiro atoms. The molecule has 2 bridgehead atoms. The molecule has 5 nitrogen and oxygen atoms in total. The van der Waals surface area contributed by atoms with E-state index in [2.05, 4.69) is 17.2 Å². The van der Waals surface area contributed by atoms with Crippen molar-refractivity contribution in [3.05, 3.63) is 82.7 Å². The third-order valence-corrected chi connectivity index (χ3v) is 6.94. The summed E-state index contributed by atoms with van der Waals surface area (Å²) in [5, 5.41) is 5.16. The van der Waals surface area contributed by atoms with Crippen LogP contribution < -0.4 is 15.4 Å². The Morgan fingerprint density at radius 1 is 1.03 bits per heavy atom. The maximum absolute atomic E-state index is 13.9. The second-order valence-corrected chi connectivity index (χ2v) is 9.45. The molecule has 2 unspecified atom stereocenters. The molecule has 2 fully saturated rings. The van der Waals surface area contributed by atoms with Gasteiger partial charge < -0.3 is 15.4 Å². The molecule has 38 heavy (non-hydrogen) atoms. The van der Waals surface area contributed by atoms with Gasteiger partial charge in [-0.2, -0.15) is 13.2 Å². The lowest BCUT2D eigenvalue weighted by atomic mass is 9.83. The number of hydrogen-bond donors (Lipinski definition) is 2. The number of methoxy groups -OCH3 is 1. The molecule has 2 aromatic rings. The molecule has 2 N–H and O–H groups in total. The first-order valence-electron chi connectivity index (χ1n) is 11.7.